The minimum Gasteiger partial charge on any atom is -0.432 e. The highest BCUT2D eigenvalue weighted by Crippen LogP contribution is 2.60. The second kappa shape index (κ2) is 14.4. The van der Waals surface area contributed by atoms with Crippen LogP contribution in [0.15, 0.2) is 97.2 Å². The number of rotatable bonds is 9. The minimum absolute atomic E-state index is 0.0457. The van der Waals surface area contributed by atoms with E-state index >= 15 is 0 Å². The first-order valence-corrected chi connectivity index (χ1v) is 22.2. The van der Waals surface area contributed by atoms with E-state index in [-0.39, 0.29) is 49.8 Å². The molecule has 4 heterocycles. The van der Waals surface area contributed by atoms with Crippen LogP contribution in [0.3, 0.4) is 0 Å². The summed E-state index contributed by atoms with van der Waals surface area (Å²) in [6.07, 6.45) is 1.80. The molecular formula is C43H45ClN4O6Si. The molecular weight excluding hydrogens is 732 g/mol. The molecule has 0 saturated carbocycles. The number of hydrogen-bond donors (Lipinski definition) is 4. The number of amides is 3. The number of H-pyrrole nitrogens is 1. The van der Waals surface area contributed by atoms with E-state index in [2.05, 4.69) is 10.3 Å². The van der Waals surface area contributed by atoms with Crippen molar-refractivity contribution in [1.29, 1.82) is 0 Å². The normalized spacial score (nSPS) is 23.3. The second-order valence-corrected chi connectivity index (χ2v) is 20.1. The van der Waals surface area contributed by atoms with Crippen molar-refractivity contribution in [2.75, 3.05) is 16.8 Å². The molecule has 4 N–H and O–H groups in total. The summed E-state index contributed by atoms with van der Waals surface area (Å²) >= 11 is 6.61. The Morgan fingerprint density at radius 3 is 2.56 bits per heavy atom. The molecule has 12 heteroatoms. The fourth-order valence-corrected chi connectivity index (χ4v) is 12.1. The van der Waals surface area contributed by atoms with E-state index in [0.717, 1.165) is 33.2 Å². The lowest BCUT2D eigenvalue weighted by molar-refractivity contribution is -0.151. The number of hydrogen-bond acceptors (Lipinski definition) is 6. The number of aliphatic hydroxyl groups excluding tert-OH is 1. The fraction of sp³-hybridized carbons (Fsp3) is 0.326. The number of carbonyl (C=O) groups excluding carboxylic acids is 3. The van der Waals surface area contributed by atoms with Crippen molar-refractivity contribution in [3.05, 3.63) is 130 Å². The molecule has 3 aliphatic heterocycles. The van der Waals surface area contributed by atoms with Crippen LogP contribution in [0.5, 0.6) is 0 Å². The Morgan fingerprint density at radius 2 is 1.78 bits per heavy atom. The van der Waals surface area contributed by atoms with Crippen LogP contribution in [0.4, 0.5) is 11.4 Å². The molecule has 3 amide bonds. The van der Waals surface area contributed by atoms with Crippen LogP contribution in [0.2, 0.25) is 23.7 Å². The predicted molar refractivity (Wildman–Crippen MR) is 215 cm³/mol. The molecule has 5 aromatic rings. The summed E-state index contributed by atoms with van der Waals surface area (Å²) in [6.45, 7) is 5.97. The van der Waals surface area contributed by atoms with Gasteiger partial charge in [-0.25, -0.2) is 0 Å². The zero-order chi connectivity index (χ0) is 38.6. The maximum Gasteiger partial charge on any atom is 0.264 e. The number of para-hydroxylation sites is 1. The summed E-state index contributed by atoms with van der Waals surface area (Å²) in [5.41, 5.74) is 4.73. The van der Waals surface area contributed by atoms with Gasteiger partial charge in [0.2, 0.25) is 11.8 Å². The largest absolute Gasteiger partial charge is 0.432 e. The molecule has 8 rings (SSSR count). The molecule has 0 unspecified atom stereocenters. The molecule has 55 heavy (non-hydrogen) atoms. The molecule has 10 nitrogen and oxygen atoms in total. The van der Waals surface area contributed by atoms with Crippen LogP contribution in [-0.4, -0.2) is 64.6 Å². The number of aromatic amines is 1. The van der Waals surface area contributed by atoms with Crippen LogP contribution in [0.1, 0.15) is 41.2 Å². The topological polar surface area (TPSA) is 135 Å². The van der Waals surface area contributed by atoms with Gasteiger partial charge in [0.25, 0.3) is 5.91 Å². The molecule has 0 aliphatic carbocycles. The molecule has 3 aliphatic rings. The highest BCUT2D eigenvalue weighted by atomic mass is 35.5. The number of nitrogens with zero attached hydrogens (tertiary/aromatic N) is 2. The van der Waals surface area contributed by atoms with E-state index in [1.807, 2.05) is 105 Å². The highest BCUT2D eigenvalue weighted by molar-refractivity contribution is 6.71. The van der Waals surface area contributed by atoms with Gasteiger partial charge in [0.15, 0.2) is 13.9 Å². The van der Waals surface area contributed by atoms with Crippen molar-refractivity contribution >= 4 is 59.9 Å². The molecule has 1 aromatic heterocycles. The number of carbonyl (C=O) groups is 3. The first kappa shape index (κ1) is 37.2. The lowest BCUT2D eigenvalue weighted by Crippen LogP contribution is -2.48. The summed E-state index contributed by atoms with van der Waals surface area (Å²) in [5, 5.41) is 14.8. The molecule has 5 atom stereocenters. The summed E-state index contributed by atoms with van der Waals surface area (Å²) in [4.78, 5) is 60.7. The van der Waals surface area contributed by atoms with Crippen molar-refractivity contribution in [3.8, 4) is 0 Å². The summed E-state index contributed by atoms with van der Waals surface area (Å²) < 4.78 is 6.93. The Hall–Kier alpha value is -4.78. The van der Waals surface area contributed by atoms with Crippen molar-refractivity contribution in [2.24, 2.45) is 5.92 Å². The van der Waals surface area contributed by atoms with Gasteiger partial charge in [-0.3, -0.25) is 14.4 Å². The van der Waals surface area contributed by atoms with Crippen molar-refractivity contribution < 1.29 is 29.0 Å². The Balaban J connectivity index is 1.05. The van der Waals surface area contributed by atoms with E-state index in [1.54, 1.807) is 21.9 Å². The highest BCUT2D eigenvalue weighted by Gasteiger charge is 2.66. The van der Waals surface area contributed by atoms with Gasteiger partial charge < -0.3 is 34.7 Å². The zero-order valence-corrected chi connectivity index (χ0v) is 32.8. The van der Waals surface area contributed by atoms with Crippen LogP contribution in [0, 0.1) is 5.92 Å². The van der Waals surface area contributed by atoms with Crippen LogP contribution >= 0.6 is 11.6 Å². The van der Waals surface area contributed by atoms with Gasteiger partial charge in [0.1, 0.15) is 0 Å². The van der Waals surface area contributed by atoms with Gasteiger partial charge in [-0.15, -0.1) is 0 Å². The van der Waals surface area contributed by atoms with E-state index in [4.69, 9.17) is 16.3 Å². The smallest absolute Gasteiger partial charge is 0.264 e. The monoisotopic (exact) mass is 776 g/mol. The molecule has 0 bridgehead atoms. The van der Waals surface area contributed by atoms with E-state index in [1.165, 1.54) is 0 Å². The Labute approximate surface area is 326 Å². The average molecular weight is 777 g/mol. The maximum absolute atomic E-state index is 15.0. The van der Waals surface area contributed by atoms with Gasteiger partial charge in [0.05, 0.1) is 43.8 Å². The first-order chi connectivity index (χ1) is 26.4. The molecule has 1 spiro atoms. The van der Waals surface area contributed by atoms with Crippen molar-refractivity contribution in [2.45, 2.75) is 75.7 Å². The third-order valence-electron chi connectivity index (χ3n) is 11.8. The minimum atomic E-state index is -3.06. The Kier molecular flexibility index (Phi) is 9.71. The number of nitrogens with one attached hydrogen (secondary N) is 2. The number of aromatic nitrogens is 1. The lowest BCUT2D eigenvalue weighted by Gasteiger charge is -2.37. The third-order valence-corrected chi connectivity index (χ3v) is 14.5. The van der Waals surface area contributed by atoms with Gasteiger partial charge >= 0.3 is 0 Å². The van der Waals surface area contributed by atoms with E-state index < -0.39 is 31.5 Å². The van der Waals surface area contributed by atoms with E-state index in [9.17, 15) is 24.3 Å². The van der Waals surface area contributed by atoms with Crippen LogP contribution in [0.25, 0.3) is 10.9 Å². The number of anilines is 2. The summed E-state index contributed by atoms with van der Waals surface area (Å²) in [7, 11) is -3.06. The first-order valence-electron chi connectivity index (χ1n) is 18.8. The quantitative estimate of drug-likeness (QED) is 0.123. The van der Waals surface area contributed by atoms with Gasteiger partial charge in [0, 0.05) is 51.4 Å². The average Bonchev–Trinajstić information content (AvgIpc) is 3.77. The second-order valence-electron chi connectivity index (χ2n) is 15.7. The number of aliphatic hydroxyl groups is 1. The van der Waals surface area contributed by atoms with Gasteiger partial charge in [-0.05, 0) is 78.2 Å². The van der Waals surface area contributed by atoms with Gasteiger partial charge in [-0.1, -0.05) is 73.1 Å². The molecule has 1 fully saturated rings. The van der Waals surface area contributed by atoms with Crippen LogP contribution < -0.4 is 10.2 Å². The fourth-order valence-electron chi connectivity index (χ4n) is 9.32. The number of fused-ring (bicyclic) bond motifs is 4. The number of ether oxygens (including phenoxy) is 1. The van der Waals surface area contributed by atoms with Crippen LogP contribution in [-0.2, 0) is 50.7 Å². The standard InChI is InChI=1S/C43H45ClN4O6Si/c1-26-41(55(2,3)53)38(21-40(51)47-24-29-11-5-4-10-28(29)18-33(47)25-49)54-43(26)35-20-31(44)15-16-37(35)48(42(43)52)23-27-9-8-12-32(17-27)46-39(50)19-30-22-45-36-14-7-6-13-34(30)36/h4-17,20,22,26,33,38,41,45,49,53H,18-19,21,23-25H2,1-3H3,(H,46,50)/t26-,33-,38+,41-,43+/m0/s1. The maximum atomic E-state index is 15.0. The van der Waals surface area contributed by atoms with Crippen molar-refractivity contribution in [3.63, 3.8) is 0 Å². The molecule has 0 radical (unpaired) electrons. The number of benzene rings is 4. The lowest BCUT2D eigenvalue weighted by atomic mass is 9.82. The van der Waals surface area contributed by atoms with E-state index in [0.29, 0.717) is 34.9 Å². The molecule has 284 valence electrons. The summed E-state index contributed by atoms with van der Waals surface area (Å²) in [6, 6.07) is 28.2. The SMILES string of the molecule is C[C@H]1[C@H]([Si](C)(C)O)[C@@H](CC(=O)N2Cc3ccccc3C[C@H]2CO)O[C@]12C(=O)N(Cc1cccc(NC(=O)Cc3c[nH]c4ccccc34)c1)c1ccc(Cl)cc12. The summed E-state index contributed by atoms with van der Waals surface area (Å²) in [5.74, 6) is -1.13. The Morgan fingerprint density at radius 1 is 1.02 bits per heavy atom. The van der Waals surface area contributed by atoms with Crippen molar-refractivity contribution in [1.82, 2.24) is 9.88 Å². The molecule has 1 saturated heterocycles. The number of halogens is 1. The third kappa shape index (κ3) is 6.67. The zero-order valence-electron chi connectivity index (χ0n) is 31.1. The predicted octanol–water partition coefficient (Wildman–Crippen LogP) is 6.68. The van der Waals surface area contributed by atoms with Gasteiger partial charge in [-0.2, -0.15) is 0 Å². The Bertz CT molecular complexity index is 2310. The molecule has 4 aromatic carbocycles.